The van der Waals surface area contributed by atoms with Crippen LogP contribution >= 0.6 is 0 Å². The summed E-state index contributed by atoms with van der Waals surface area (Å²) in [5.41, 5.74) is 3.93. The lowest BCUT2D eigenvalue weighted by Crippen LogP contribution is -2.74. The summed E-state index contributed by atoms with van der Waals surface area (Å²) in [6.45, 7) is 16.0. The van der Waals surface area contributed by atoms with E-state index < -0.39 is 29.7 Å². The summed E-state index contributed by atoms with van der Waals surface area (Å²) in [6.07, 6.45) is 1.59. The van der Waals surface area contributed by atoms with Gasteiger partial charge in [0.1, 0.15) is 29.7 Å². The molecule has 8 rings (SSSR count). The fourth-order valence-corrected chi connectivity index (χ4v) is 10.6. The van der Waals surface area contributed by atoms with E-state index in [0.717, 1.165) is 59.8 Å². The van der Waals surface area contributed by atoms with E-state index in [1.807, 2.05) is 50.2 Å². The summed E-state index contributed by atoms with van der Waals surface area (Å²) in [6, 6.07) is 18.2. The Balaban J connectivity index is 0.814. The number of carbonyl (C=O) groups is 5. The molecule has 14 nitrogen and oxygen atoms in total. The number of carbonyl (C=O) groups excluding carboxylic acids is 5. The molecule has 3 heterocycles. The largest absolute Gasteiger partial charge is 0.490 e. The van der Waals surface area contributed by atoms with Gasteiger partial charge in [-0.2, -0.15) is 5.26 Å². The topological polar surface area (TPSA) is 171 Å². The summed E-state index contributed by atoms with van der Waals surface area (Å²) in [4.78, 5) is 69.8. The van der Waals surface area contributed by atoms with Crippen LogP contribution in [0.1, 0.15) is 107 Å². The maximum Gasteiger partial charge on any atom is 0.262 e. The highest BCUT2D eigenvalue weighted by atomic mass is 16.5. The van der Waals surface area contributed by atoms with E-state index in [4.69, 9.17) is 14.2 Å². The molecule has 5 amide bonds. The van der Waals surface area contributed by atoms with Crippen molar-refractivity contribution in [1.29, 1.82) is 5.26 Å². The Morgan fingerprint density at radius 3 is 2.27 bits per heavy atom. The molecule has 62 heavy (non-hydrogen) atoms. The average Bonchev–Trinajstić information content (AvgIpc) is 3.45. The smallest absolute Gasteiger partial charge is 0.262 e. The first-order chi connectivity index (χ1) is 29.5. The third-order valence-corrected chi connectivity index (χ3v) is 13.8. The molecule has 2 saturated heterocycles. The second-order valence-corrected chi connectivity index (χ2v) is 18.9. The van der Waals surface area contributed by atoms with Crippen LogP contribution in [-0.2, 0) is 20.9 Å². The van der Waals surface area contributed by atoms with Crippen LogP contribution in [0.2, 0.25) is 0 Å². The third kappa shape index (κ3) is 7.98. The number of hydrogen-bond acceptors (Lipinski definition) is 11. The molecule has 3 aliphatic heterocycles. The van der Waals surface area contributed by atoms with E-state index in [1.165, 1.54) is 0 Å². The van der Waals surface area contributed by atoms with Crippen molar-refractivity contribution >= 4 is 29.5 Å². The van der Waals surface area contributed by atoms with Crippen LogP contribution in [-0.4, -0.2) is 114 Å². The summed E-state index contributed by atoms with van der Waals surface area (Å²) in [7, 11) is 2.12. The number of hydrogen-bond donors (Lipinski definition) is 2. The normalized spacial score (nSPS) is 26.5. The van der Waals surface area contributed by atoms with Gasteiger partial charge in [0.25, 0.3) is 17.7 Å². The Labute approximate surface area is 362 Å². The van der Waals surface area contributed by atoms with Crippen LogP contribution in [0, 0.1) is 36.0 Å². The fourth-order valence-electron chi connectivity index (χ4n) is 10.6. The van der Waals surface area contributed by atoms with Gasteiger partial charge in [-0.25, -0.2) is 0 Å². The fraction of sp³-hybridized carbons (Fsp3) is 0.500. The summed E-state index contributed by atoms with van der Waals surface area (Å²) in [5, 5.41) is 15.0. The number of piperidine rings is 1. The zero-order valence-corrected chi connectivity index (χ0v) is 36.6. The monoisotopic (exact) mass is 844 g/mol. The minimum absolute atomic E-state index is 0.0490. The number of nitrogens with zero attached hydrogens (tertiary/aromatic N) is 4. The molecule has 2 aliphatic carbocycles. The van der Waals surface area contributed by atoms with Gasteiger partial charge in [0, 0.05) is 73.4 Å². The maximum absolute atomic E-state index is 13.6. The first-order valence-corrected chi connectivity index (χ1v) is 21.6. The van der Waals surface area contributed by atoms with Gasteiger partial charge in [0.2, 0.25) is 11.8 Å². The highest BCUT2D eigenvalue weighted by Gasteiger charge is 2.64. The van der Waals surface area contributed by atoms with Crippen LogP contribution in [0.3, 0.4) is 0 Å². The van der Waals surface area contributed by atoms with E-state index in [0.29, 0.717) is 36.1 Å². The van der Waals surface area contributed by atoms with Gasteiger partial charge >= 0.3 is 0 Å². The quantitative estimate of drug-likeness (QED) is 0.237. The molecular formula is C48H56N6O8. The Bertz CT molecular complexity index is 2310. The number of aryl methyl sites for hydroxylation is 2. The standard InChI is InChI=1S/C48H56N6O8/c1-27-18-34(19-28(2)38(27)23-49)62-46-47(3,4)45(48(46,5)6)51-41(56)30-10-8-29(9-11-30)24-53-16-17-60-26-32(53)25-52(7)31-20-35(21-31)61-33-12-13-36-37(22-33)44(59)54(43(36)58)39-14-15-40(55)50-42(39)57/h8-13,18-19,22,31-32,35,39,45-46H,14-17,20-21,24-26H2,1-7H3,(H,51,56)(H,50,55,57)/t31?,32-,35?,39?,45?,46?/m1/s1. The number of fused-ring (bicyclic) bond motifs is 1. The zero-order chi connectivity index (χ0) is 44.2. The van der Waals surface area contributed by atoms with E-state index >= 15 is 0 Å². The van der Waals surface area contributed by atoms with Crippen LogP contribution in [0.4, 0.5) is 0 Å². The molecule has 3 aromatic carbocycles. The van der Waals surface area contributed by atoms with Crippen molar-refractivity contribution in [2.45, 2.75) is 110 Å². The van der Waals surface area contributed by atoms with Crippen molar-refractivity contribution in [3.05, 3.63) is 93.5 Å². The van der Waals surface area contributed by atoms with Gasteiger partial charge in [-0.05, 0) is 86.5 Å². The van der Waals surface area contributed by atoms with Crippen molar-refractivity contribution in [3.8, 4) is 17.6 Å². The minimum Gasteiger partial charge on any atom is -0.490 e. The van der Waals surface area contributed by atoms with Crippen molar-refractivity contribution in [2.24, 2.45) is 10.8 Å². The van der Waals surface area contributed by atoms with Gasteiger partial charge < -0.3 is 24.4 Å². The lowest BCUT2D eigenvalue weighted by Gasteiger charge is -2.63. The molecule has 0 bridgehead atoms. The van der Waals surface area contributed by atoms with Crippen LogP contribution < -0.4 is 20.1 Å². The second-order valence-electron chi connectivity index (χ2n) is 18.9. The minimum atomic E-state index is -1.01. The van der Waals surface area contributed by atoms with Gasteiger partial charge in [0.05, 0.1) is 36.0 Å². The summed E-state index contributed by atoms with van der Waals surface area (Å²) < 4.78 is 18.7. The van der Waals surface area contributed by atoms with E-state index in [9.17, 15) is 29.2 Å². The van der Waals surface area contributed by atoms with E-state index in [2.05, 4.69) is 61.2 Å². The first kappa shape index (κ1) is 43.0. The molecule has 0 aromatic heterocycles. The van der Waals surface area contributed by atoms with E-state index in [-0.39, 0.29) is 65.0 Å². The molecule has 0 radical (unpaired) electrons. The van der Waals surface area contributed by atoms with Crippen molar-refractivity contribution in [3.63, 3.8) is 0 Å². The molecule has 3 aromatic rings. The van der Waals surface area contributed by atoms with Crippen LogP contribution in [0.25, 0.3) is 0 Å². The molecule has 14 heteroatoms. The number of morpholine rings is 1. The summed E-state index contributed by atoms with van der Waals surface area (Å²) in [5.74, 6) is -1.02. The lowest BCUT2D eigenvalue weighted by molar-refractivity contribution is -0.164. The highest BCUT2D eigenvalue weighted by Crippen LogP contribution is 2.55. The molecular weight excluding hydrogens is 789 g/mol. The zero-order valence-electron chi connectivity index (χ0n) is 36.6. The van der Waals surface area contributed by atoms with Crippen LogP contribution in [0.15, 0.2) is 54.6 Å². The third-order valence-electron chi connectivity index (χ3n) is 13.8. The van der Waals surface area contributed by atoms with Crippen molar-refractivity contribution < 1.29 is 38.2 Å². The number of amides is 5. The van der Waals surface area contributed by atoms with Gasteiger partial charge in [-0.15, -0.1) is 0 Å². The Morgan fingerprint density at radius 2 is 1.61 bits per heavy atom. The second kappa shape index (κ2) is 16.6. The average molecular weight is 845 g/mol. The Hall–Kier alpha value is -5.62. The van der Waals surface area contributed by atoms with Gasteiger partial charge in [-0.3, -0.25) is 39.1 Å². The number of likely N-dealkylation sites (N-methyl/N-ethyl adjacent to an activating group) is 1. The SMILES string of the molecule is Cc1cc(OC2C(C)(C)C(NC(=O)c3ccc(CN4CCOC[C@H]4CN(C)C4CC(Oc5ccc6c(c5)C(=O)N(C5CCC(=O)NC5=O)C6=O)C4)cc3)C2(C)C)cc(C)c1C#N. The number of benzene rings is 3. The molecule has 2 atom stereocenters. The Kier molecular flexibility index (Phi) is 11.5. The number of imide groups is 2. The molecule has 2 N–H and O–H groups in total. The first-order valence-electron chi connectivity index (χ1n) is 21.6. The number of nitriles is 1. The molecule has 5 aliphatic rings. The predicted molar refractivity (Wildman–Crippen MR) is 229 cm³/mol. The van der Waals surface area contributed by atoms with Gasteiger partial charge in [-0.1, -0.05) is 39.8 Å². The summed E-state index contributed by atoms with van der Waals surface area (Å²) >= 11 is 0. The van der Waals surface area contributed by atoms with Gasteiger partial charge in [0.15, 0.2) is 0 Å². The Morgan fingerprint density at radius 1 is 0.935 bits per heavy atom. The van der Waals surface area contributed by atoms with E-state index in [1.54, 1.807) is 18.2 Å². The molecule has 326 valence electrons. The molecule has 4 fully saturated rings. The number of ether oxygens (including phenoxy) is 3. The number of nitrogens with one attached hydrogen (secondary N) is 2. The maximum atomic E-state index is 13.6. The predicted octanol–water partition coefficient (Wildman–Crippen LogP) is 4.93. The molecule has 0 spiro atoms. The molecule has 2 saturated carbocycles. The highest BCUT2D eigenvalue weighted by molar-refractivity contribution is 6.23. The van der Waals surface area contributed by atoms with Crippen molar-refractivity contribution in [1.82, 2.24) is 25.3 Å². The number of rotatable bonds is 12. The molecule has 1 unspecified atom stereocenters. The lowest BCUT2D eigenvalue weighted by atomic mass is 9.49. The van der Waals surface area contributed by atoms with Crippen LogP contribution in [0.5, 0.6) is 11.5 Å². The van der Waals surface area contributed by atoms with Crippen molar-refractivity contribution in [2.75, 3.05) is 33.4 Å².